The smallest absolute Gasteiger partial charge is 0.292 e. The van der Waals surface area contributed by atoms with Crippen LogP contribution in [0.2, 0.25) is 0 Å². The molecule has 0 bridgehead atoms. The monoisotopic (exact) mass is 383 g/mol. The van der Waals surface area contributed by atoms with Crippen LogP contribution in [0.1, 0.15) is 12.5 Å². The molecule has 3 N–H and O–H groups in total. The summed E-state index contributed by atoms with van der Waals surface area (Å²) < 4.78 is 0. The summed E-state index contributed by atoms with van der Waals surface area (Å²) in [6.07, 6.45) is 1.50. The number of hydrogen-bond acceptors (Lipinski definition) is 7. The SMILES string of the molecule is CCNC(=S)Nc1ccc2ncc(Nc3ccc(C)cc3[N+](=O)[O-])nc2n1. The van der Waals surface area contributed by atoms with Crippen molar-refractivity contribution in [2.45, 2.75) is 13.8 Å². The molecule has 2 heterocycles. The Balaban J connectivity index is 1.90. The fraction of sp³-hybridized carbons (Fsp3) is 0.176. The molecule has 27 heavy (non-hydrogen) atoms. The molecule has 0 unspecified atom stereocenters. The van der Waals surface area contributed by atoms with Gasteiger partial charge in [0.25, 0.3) is 5.69 Å². The summed E-state index contributed by atoms with van der Waals surface area (Å²) in [6, 6.07) is 8.44. The zero-order valence-corrected chi connectivity index (χ0v) is 15.5. The Hall–Kier alpha value is -3.40. The maximum atomic E-state index is 11.3. The highest BCUT2D eigenvalue weighted by molar-refractivity contribution is 7.80. The lowest BCUT2D eigenvalue weighted by Crippen LogP contribution is -2.28. The largest absolute Gasteiger partial charge is 0.363 e. The van der Waals surface area contributed by atoms with Crippen LogP contribution in [0.5, 0.6) is 0 Å². The quantitative estimate of drug-likeness (QED) is 0.346. The molecule has 1 aromatic carbocycles. The highest BCUT2D eigenvalue weighted by Crippen LogP contribution is 2.28. The van der Waals surface area contributed by atoms with Crippen molar-refractivity contribution < 1.29 is 4.92 Å². The first-order valence-electron chi connectivity index (χ1n) is 8.17. The van der Waals surface area contributed by atoms with Crippen molar-refractivity contribution in [2.75, 3.05) is 17.2 Å². The molecule has 0 fully saturated rings. The molecule has 0 aliphatic heterocycles. The Labute approximate surface area is 160 Å². The van der Waals surface area contributed by atoms with E-state index in [1.54, 1.807) is 31.2 Å². The van der Waals surface area contributed by atoms with Gasteiger partial charge in [0.05, 0.1) is 11.1 Å². The predicted molar refractivity (Wildman–Crippen MR) is 108 cm³/mol. The molecule has 0 aliphatic rings. The first kappa shape index (κ1) is 18.4. The second-order valence-electron chi connectivity index (χ2n) is 5.68. The summed E-state index contributed by atoms with van der Waals surface area (Å²) in [5.41, 5.74) is 2.09. The summed E-state index contributed by atoms with van der Waals surface area (Å²) in [6.45, 7) is 4.43. The van der Waals surface area contributed by atoms with Crippen LogP contribution < -0.4 is 16.0 Å². The number of anilines is 3. The van der Waals surface area contributed by atoms with Crippen LogP contribution in [-0.2, 0) is 0 Å². The fourth-order valence-corrected chi connectivity index (χ4v) is 2.63. The maximum absolute atomic E-state index is 11.3. The van der Waals surface area contributed by atoms with Gasteiger partial charge in [-0.25, -0.2) is 15.0 Å². The Bertz CT molecular complexity index is 1030. The fourth-order valence-electron chi connectivity index (χ4n) is 2.39. The van der Waals surface area contributed by atoms with E-state index in [1.807, 2.05) is 6.92 Å². The average Bonchev–Trinajstić information content (AvgIpc) is 2.63. The highest BCUT2D eigenvalue weighted by atomic mass is 32.1. The number of aromatic nitrogens is 3. The van der Waals surface area contributed by atoms with Gasteiger partial charge in [0.2, 0.25) is 0 Å². The van der Waals surface area contributed by atoms with E-state index in [9.17, 15) is 10.1 Å². The Morgan fingerprint density at radius 3 is 2.74 bits per heavy atom. The Kier molecular flexibility index (Phi) is 5.36. The topological polar surface area (TPSA) is 118 Å². The predicted octanol–water partition coefficient (Wildman–Crippen LogP) is 3.29. The number of fused-ring (bicyclic) bond motifs is 1. The molecular weight excluding hydrogens is 366 g/mol. The number of benzene rings is 1. The number of rotatable bonds is 5. The van der Waals surface area contributed by atoms with Crippen LogP contribution in [0.3, 0.4) is 0 Å². The molecule has 0 spiro atoms. The van der Waals surface area contributed by atoms with Gasteiger partial charge in [0.15, 0.2) is 16.6 Å². The van der Waals surface area contributed by atoms with Gasteiger partial charge in [-0.3, -0.25) is 10.1 Å². The van der Waals surface area contributed by atoms with E-state index in [1.165, 1.54) is 12.3 Å². The summed E-state index contributed by atoms with van der Waals surface area (Å²) in [4.78, 5) is 23.9. The van der Waals surface area contributed by atoms with Gasteiger partial charge in [0, 0.05) is 12.6 Å². The van der Waals surface area contributed by atoms with Crippen molar-refractivity contribution in [3.63, 3.8) is 0 Å². The van der Waals surface area contributed by atoms with Crippen molar-refractivity contribution in [1.29, 1.82) is 0 Å². The van der Waals surface area contributed by atoms with Crippen LogP contribution in [0, 0.1) is 17.0 Å². The van der Waals surface area contributed by atoms with Crippen LogP contribution in [-0.4, -0.2) is 31.5 Å². The molecule has 0 amide bonds. The molecule has 10 heteroatoms. The highest BCUT2D eigenvalue weighted by Gasteiger charge is 2.15. The van der Waals surface area contributed by atoms with Crippen LogP contribution in [0.15, 0.2) is 36.5 Å². The van der Waals surface area contributed by atoms with Crippen molar-refractivity contribution >= 4 is 51.5 Å². The number of aryl methyl sites for hydroxylation is 1. The van der Waals surface area contributed by atoms with E-state index in [0.717, 1.165) is 5.56 Å². The van der Waals surface area contributed by atoms with Gasteiger partial charge in [-0.1, -0.05) is 6.07 Å². The molecule has 0 atom stereocenters. The zero-order valence-electron chi connectivity index (χ0n) is 14.7. The Morgan fingerprint density at radius 2 is 2.00 bits per heavy atom. The van der Waals surface area contributed by atoms with E-state index in [2.05, 4.69) is 30.9 Å². The van der Waals surface area contributed by atoms with Gasteiger partial charge in [-0.05, 0) is 49.8 Å². The number of nitro groups is 1. The average molecular weight is 383 g/mol. The molecular formula is C17H17N7O2S. The maximum Gasteiger partial charge on any atom is 0.292 e. The summed E-state index contributed by atoms with van der Waals surface area (Å²) >= 11 is 5.15. The van der Waals surface area contributed by atoms with Crippen molar-refractivity contribution in [1.82, 2.24) is 20.3 Å². The second-order valence-corrected chi connectivity index (χ2v) is 6.09. The number of thiocarbonyl (C=S) groups is 1. The van der Waals surface area contributed by atoms with E-state index < -0.39 is 4.92 Å². The van der Waals surface area contributed by atoms with Gasteiger partial charge in [-0.15, -0.1) is 0 Å². The van der Waals surface area contributed by atoms with Gasteiger partial charge >= 0.3 is 0 Å². The molecule has 0 radical (unpaired) electrons. The van der Waals surface area contributed by atoms with E-state index in [-0.39, 0.29) is 5.69 Å². The van der Waals surface area contributed by atoms with Crippen LogP contribution in [0.4, 0.5) is 23.0 Å². The third-order valence-electron chi connectivity index (χ3n) is 3.60. The lowest BCUT2D eigenvalue weighted by Gasteiger charge is -2.09. The molecule has 2 aromatic heterocycles. The van der Waals surface area contributed by atoms with Gasteiger partial charge in [0.1, 0.15) is 17.0 Å². The van der Waals surface area contributed by atoms with Crippen molar-refractivity contribution in [3.05, 3.63) is 52.2 Å². The van der Waals surface area contributed by atoms with E-state index in [0.29, 0.717) is 40.1 Å². The normalized spacial score (nSPS) is 10.4. The number of nitrogens with one attached hydrogen (secondary N) is 3. The molecule has 0 aliphatic carbocycles. The molecule has 3 aromatic rings. The number of hydrogen-bond donors (Lipinski definition) is 3. The summed E-state index contributed by atoms with van der Waals surface area (Å²) in [5, 5.41) is 20.6. The molecule has 0 saturated carbocycles. The first-order chi connectivity index (χ1) is 13.0. The second kappa shape index (κ2) is 7.87. The van der Waals surface area contributed by atoms with Gasteiger partial charge < -0.3 is 16.0 Å². The standard InChI is InChI=1S/C17H17N7O2S/c1-3-18-17(27)23-14-7-6-12-16(21-14)22-15(9-19-12)20-11-5-4-10(2)8-13(11)24(25)26/h4-9H,3H2,1-2H3,(H3,18,20,21,22,23,27). The third-order valence-corrected chi connectivity index (χ3v) is 3.84. The minimum Gasteiger partial charge on any atom is -0.363 e. The Morgan fingerprint density at radius 1 is 1.22 bits per heavy atom. The molecule has 138 valence electrons. The minimum absolute atomic E-state index is 0.0312. The van der Waals surface area contributed by atoms with Crippen molar-refractivity contribution in [2.24, 2.45) is 0 Å². The summed E-state index contributed by atoms with van der Waals surface area (Å²) in [5.74, 6) is 0.884. The van der Waals surface area contributed by atoms with E-state index >= 15 is 0 Å². The molecule has 0 saturated heterocycles. The van der Waals surface area contributed by atoms with Crippen LogP contribution in [0.25, 0.3) is 11.2 Å². The van der Waals surface area contributed by atoms with Crippen LogP contribution >= 0.6 is 12.2 Å². The first-order valence-corrected chi connectivity index (χ1v) is 8.58. The molecule has 3 rings (SSSR count). The zero-order chi connectivity index (χ0) is 19.4. The third kappa shape index (κ3) is 4.42. The molecule has 9 nitrogen and oxygen atoms in total. The van der Waals surface area contributed by atoms with E-state index in [4.69, 9.17) is 12.2 Å². The number of pyridine rings is 1. The lowest BCUT2D eigenvalue weighted by molar-refractivity contribution is -0.384. The lowest BCUT2D eigenvalue weighted by atomic mass is 10.2. The number of nitro benzene ring substituents is 1. The van der Waals surface area contributed by atoms with Crippen molar-refractivity contribution in [3.8, 4) is 0 Å². The number of nitrogens with zero attached hydrogens (tertiary/aromatic N) is 4. The minimum atomic E-state index is -0.439. The van der Waals surface area contributed by atoms with Gasteiger partial charge in [-0.2, -0.15) is 0 Å². The summed E-state index contributed by atoms with van der Waals surface area (Å²) in [7, 11) is 0.